The van der Waals surface area contributed by atoms with E-state index in [1.165, 1.54) is 18.2 Å². The van der Waals surface area contributed by atoms with E-state index >= 15 is 0 Å². The zero-order valence-corrected chi connectivity index (χ0v) is 17.4. The van der Waals surface area contributed by atoms with Crippen LogP contribution in [0.1, 0.15) is 12.0 Å². The zero-order valence-electron chi connectivity index (χ0n) is 12.9. The summed E-state index contributed by atoms with van der Waals surface area (Å²) in [4.78, 5) is 10.5. The monoisotopic (exact) mass is 388 g/mol. The summed E-state index contributed by atoms with van der Waals surface area (Å²) in [5, 5.41) is 8.54. The molecule has 10 heteroatoms. The smallest absolute Gasteiger partial charge is 0.480 e. The molecule has 0 bridgehead atoms. The topological polar surface area (TPSA) is 112 Å². The number of carboxylic acid groups (broad SMARTS) is 1. The number of hydrogen-bond donors (Lipinski definition) is 3. The number of nitrogens with two attached hydrogens (primary N) is 1. The van der Waals surface area contributed by atoms with Gasteiger partial charge >= 0.3 is 35.5 Å². The minimum Gasteiger partial charge on any atom is -0.480 e. The van der Waals surface area contributed by atoms with E-state index in [1.807, 2.05) is 6.92 Å². The molecular formula is C13H18ClN2NaO4S2. The van der Waals surface area contributed by atoms with E-state index in [1.54, 1.807) is 12.1 Å². The van der Waals surface area contributed by atoms with E-state index < -0.39 is 21.5 Å². The number of carboxylic acids is 1. The van der Waals surface area contributed by atoms with Gasteiger partial charge < -0.3 is 15.1 Å². The molecule has 1 aromatic rings. The van der Waals surface area contributed by atoms with Gasteiger partial charge in [-0.3, -0.25) is 16.6 Å². The molecule has 0 saturated heterocycles. The normalized spacial score (nSPS) is 12.9. The maximum Gasteiger partial charge on any atom is 1.00 e. The van der Waals surface area contributed by atoms with E-state index in [4.69, 9.17) is 22.6 Å². The second kappa shape index (κ2) is 11.5. The van der Waals surface area contributed by atoms with Crippen LogP contribution in [0.2, 0.25) is 0 Å². The fraction of sp³-hybridized carbons (Fsp3) is 0.308. The maximum absolute atomic E-state index is 11.0. The fourth-order valence-corrected chi connectivity index (χ4v) is 2.29. The van der Waals surface area contributed by atoms with Crippen molar-refractivity contribution < 1.29 is 47.9 Å². The third-order valence-electron chi connectivity index (χ3n) is 2.63. The Hall–Kier alpha value is -0.0600. The summed E-state index contributed by atoms with van der Waals surface area (Å²) in [6.07, 6.45) is 1.72. The molecule has 0 heterocycles. The van der Waals surface area contributed by atoms with Gasteiger partial charge in [-0.15, -0.1) is 6.58 Å². The Morgan fingerprint density at radius 1 is 1.48 bits per heavy atom. The molecule has 1 rings (SSSR count). The standard InChI is InChI=1S/C7H7ClNO2S.C6H11NO2S.Na/c1-6-2-4-7(5-3-6)12(10,11)9-8;1-2-3-6(7,4-10)5(8)9;/h2-5H,1H3;2,10H,1,3-4,7H2,(H,8,9);/q-1;;+1/t;6-;/m.1./s1. The summed E-state index contributed by atoms with van der Waals surface area (Å²) in [6, 6.07) is 6.32. The third-order valence-corrected chi connectivity index (χ3v) is 4.79. The molecular weight excluding hydrogens is 371 g/mol. The van der Waals surface area contributed by atoms with Gasteiger partial charge in [-0.05, 0) is 25.5 Å². The van der Waals surface area contributed by atoms with Gasteiger partial charge in [-0.1, -0.05) is 23.8 Å². The molecule has 0 aliphatic rings. The SMILES string of the molecule is C=CC[C@@](N)(CS)C(=O)O.Cc1ccc(S(=O)(=O)[N-]Cl)cc1.[Na+]. The zero-order chi connectivity index (χ0) is 17.4. The van der Waals surface area contributed by atoms with Crippen molar-refractivity contribution in [2.75, 3.05) is 5.75 Å². The first-order valence-corrected chi connectivity index (χ1v) is 8.43. The summed E-state index contributed by atoms with van der Waals surface area (Å²) in [7, 11) is -3.62. The molecule has 3 N–H and O–H groups in total. The first-order valence-electron chi connectivity index (χ1n) is 6.02. The summed E-state index contributed by atoms with van der Waals surface area (Å²) < 4.78 is 24.8. The van der Waals surface area contributed by atoms with Gasteiger partial charge in [0.25, 0.3) is 0 Å². The average Bonchev–Trinajstić information content (AvgIpc) is 2.48. The first-order chi connectivity index (χ1) is 10.1. The van der Waals surface area contributed by atoms with Crippen molar-refractivity contribution in [2.24, 2.45) is 5.73 Å². The molecule has 0 unspecified atom stereocenters. The van der Waals surface area contributed by atoms with Crippen LogP contribution in [0, 0.1) is 6.92 Å². The van der Waals surface area contributed by atoms with Crippen molar-refractivity contribution in [1.82, 2.24) is 0 Å². The summed E-state index contributed by atoms with van der Waals surface area (Å²) in [5.41, 5.74) is 5.15. The summed E-state index contributed by atoms with van der Waals surface area (Å²) >= 11 is 8.73. The predicted octanol–water partition coefficient (Wildman–Crippen LogP) is -0.510. The molecule has 124 valence electrons. The van der Waals surface area contributed by atoms with E-state index in [-0.39, 0.29) is 46.6 Å². The average molecular weight is 389 g/mol. The van der Waals surface area contributed by atoms with Crippen LogP contribution in [0.4, 0.5) is 0 Å². The van der Waals surface area contributed by atoms with Gasteiger partial charge in [0.2, 0.25) is 0 Å². The molecule has 1 atom stereocenters. The summed E-state index contributed by atoms with van der Waals surface area (Å²) in [6.45, 7) is 5.27. The molecule has 6 nitrogen and oxygen atoms in total. The Morgan fingerprint density at radius 2 is 1.96 bits per heavy atom. The van der Waals surface area contributed by atoms with Gasteiger partial charge in [0.15, 0.2) is 0 Å². The minimum atomic E-state index is -3.62. The van der Waals surface area contributed by atoms with Gasteiger partial charge in [0.1, 0.15) is 15.6 Å². The number of aryl methyl sites for hydroxylation is 1. The molecule has 0 aliphatic carbocycles. The minimum absolute atomic E-state index is 0. The molecule has 0 fully saturated rings. The van der Waals surface area contributed by atoms with Crippen molar-refractivity contribution in [3.63, 3.8) is 0 Å². The quantitative estimate of drug-likeness (QED) is 0.345. The maximum atomic E-state index is 11.0. The van der Waals surface area contributed by atoms with E-state index in [0.29, 0.717) is 0 Å². The number of sulfonamides is 1. The van der Waals surface area contributed by atoms with Crippen LogP contribution in [0.15, 0.2) is 41.8 Å². The van der Waals surface area contributed by atoms with Crippen molar-refractivity contribution in [2.45, 2.75) is 23.8 Å². The molecule has 0 aliphatic heterocycles. The molecule has 1 aromatic carbocycles. The van der Waals surface area contributed by atoms with Crippen molar-refractivity contribution in [1.29, 1.82) is 0 Å². The molecule has 23 heavy (non-hydrogen) atoms. The van der Waals surface area contributed by atoms with E-state index in [9.17, 15) is 13.2 Å². The van der Waals surface area contributed by atoms with Gasteiger partial charge in [-0.25, -0.2) is 8.42 Å². The Labute approximate surface area is 169 Å². The van der Waals surface area contributed by atoms with Gasteiger partial charge in [0.05, 0.1) is 0 Å². The number of benzene rings is 1. The predicted molar refractivity (Wildman–Crippen MR) is 90.8 cm³/mol. The van der Waals surface area contributed by atoms with Gasteiger partial charge in [0, 0.05) is 10.6 Å². The largest absolute Gasteiger partial charge is 1.00 e. The molecule has 0 amide bonds. The van der Waals surface area contributed by atoms with Crippen LogP contribution >= 0.6 is 24.4 Å². The van der Waals surface area contributed by atoms with Crippen LogP contribution in [0.25, 0.3) is 4.24 Å². The number of nitrogens with zero attached hydrogens (tertiary/aromatic N) is 1. The second-order valence-electron chi connectivity index (χ2n) is 4.47. The van der Waals surface area contributed by atoms with Crippen LogP contribution in [-0.4, -0.2) is 30.8 Å². The Bertz CT molecular complexity index is 611. The Balaban J connectivity index is 0. The number of thiol groups is 1. The second-order valence-corrected chi connectivity index (χ2v) is 6.76. The number of aliphatic carboxylic acids is 1. The summed E-state index contributed by atoms with van der Waals surface area (Å²) in [5.74, 6) is -0.920. The third kappa shape index (κ3) is 8.55. The van der Waals surface area contributed by atoms with Crippen LogP contribution in [-0.2, 0) is 14.8 Å². The molecule has 0 radical (unpaired) electrons. The van der Waals surface area contributed by atoms with Crippen LogP contribution in [0.3, 0.4) is 0 Å². The Kier molecular flexibility index (Phi) is 12.6. The van der Waals surface area contributed by atoms with Crippen LogP contribution < -0.4 is 35.3 Å². The Morgan fingerprint density at radius 3 is 2.22 bits per heavy atom. The fourth-order valence-electron chi connectivity index (χ4n) is 1.23. The van der Waals surface area contributed by atoms with E-state index in [0.717, 1.165) is 5.56 Å². The van der Waals surface area contributed by atoms with Crippen LogP contribution in [0.5, 0.6) is 0 Å². The number of hydrogen-bond acceptors (Lipinski definition) is 5. The molecule has 0 saturated carbocycles. The molecule has 0 aromatic heterocycles. The van der Waals surface area contributed by atoms with Crippen molar-refractivity contribution in [3.8, 4) is 0 Å². The number of carbonyl (C=O) groups is 1. The molecule has 0 spiro atoms. The number of rotatable bonds is 6. The van der Waals surface area contributed by atoms with Gasteiger partial charge in [-0.2, -0.15) is 12.6 Å². The van der Waals surface area contributed by atoms with Crippen molar-refractivity contribution >= 4 is 40.4 Å². The number of halogens is 1. The van der Waals surface area contributed by atoms with E-state index in [2.05, 4.69) is 23.4 Å². The van der Waals surface area contributed by atoms with Crippen molar-refractivity contribution in [3.05, 3.63) is 46.7 Å². The first kappa shape index (κ1) is 25.2.